The van der Waals surface area contributed by atoms with Crippen molar-refractivity contribution in [3.63, 3.8) is 0 Å². The van der Waals surface area contributed by atoms with E-state index in [1.54, 1.807) is 14.1 Å². The molecule has 0 radical (unpaired) electrons. The van der Waals surface area contributed by atoms with Crippen molar-refractivity contribution in [2.75, 3.05) is 20.6 Å². The molecule has 0 fully saturated rings. The number of nitrogens with two attached hydrogens (primary N) is 1. The van der Waals surface area contributed by atoms with Crippen LogP contribution in [0, 0.1) is 11.8 Å². The van der Waals surface area contributed by atoms with Crippen LogP contribution in [-0.2, 0) is 20.9 Å². The summed E-state index contributed by atoms with van der Waals surface area (Å²) in [5.74, 6) is -6.08. The van der Waals surface area contributed by atoms with Crippen LogP contribution in [0.3, 0.4) is 0 Å². The first kappa shape index (κ1) is 26.9. The van der Waals surface area contributed by atoms with Crippen LogP contribution < -0.4 is 11.1 Å². The number of amides is 1. The number of allylic oxidation sites excluding steroid dienone is 3. The van der Waals surface area contributed by atoms with Crippen molar-refractivity contribution in [3.8, 4) is 0 Å². The molecule has 206 valence electrons. The first-order valence-corrected chi connectivity index (χ1v) is 13.0. The Morgan fingerprint density at radius 2 is 1.77 bits per heavy atom. The van der Waals surface area contributed by atoms with Gasteiger partial charge in [-0.15, -0.1) is 0 Å². The smallest absolute Gasteiger partial charge is 0.255 e. The van der Waals surface area contributed by atoms with Crippen molar-refractivity contribution < 1.29 is 34.8 Å². The number of Topliss-reactive ketones (excluding diaryl/α,β-unsaturated/α-hetero) is 2. The normalized spacial score (nSPS) is 29.1. The molecule has 1 aromatic carbocycles. The fourth-order valence-corrected chi connectivity index (χ4v) is 6.71. The molecular formula is C29H33N3O7. The maximum absolute atomic E-state index is 13.2. The third kappa shape index (κ3) is 4.10. The third-order valence-corrected chi connectivity index (χ3v) is 8.51. The van der Waals surface area contributed by atoms with Crippen molar-refractivity contribution in [2.24, 2.45) is 17.6 Å². The van der Waals surface area contributed by atoms with Crippen molar-refractivity contribution in [3.05, 3.63) is 81.0 Å². The zero-order valence-electron chi connectivity index (χ0n) is 21.9. The lowest BCUT2D eigenvalue weighted by atomic mass is 9.58. The lowest BCUT2D eigenvalue weighted by molar-refractivity contribution is -0.136. The lowest BCUT2D eigenvalue weighted by Gasteiger charge is -2.50. The molecular weight excluding hydrogens is 502 g/mol. The molecule has 10 nitrogen and oxygen atoms in total. The highest BCUT2D eigenvalue weighted by atomic mass is 16.4. The second-order valence-corrected chi connectivity index (χ2v) is 11.0. The highest BCUT2D eigenvalue weighted by molar-refractivity contribution is 6.22. The second-order valence-electron chi connectivity index (χ2n) is 11.0. The van der Waals surface area contributed by atoms with Crippen LogP contribution in [0.2, 0.25) is 0 Å². The van der Waals surface area contributed by atoms with Gasteiger partial charge in [0.2, 0.25) is 0 Å². The van der Waals surface area contributed by atoms with Gasteiger partial charge in [0.25, 0.3) is 5.91 Å². The van der Waals surface area contributed by atoms with Crippen LogP contribution in [0.1, 0.15) is 31.2 Å². The summed E-state index contributed by atoms with van der Waals surface area (Å²) < 4.78 is 0. The SMILES string of the molecule is CN(C)C1C(=O)C(C(N)=O)=C(O)[C@@]2(O)C(O)=C3C(O)=C4C(=O)CCC(CNCc5ccccc5)=C4C[C@H]3C[C@@H]12. The summed E-state index contributed by atoms with van der Waals surface area (Å²) in [4.78, 5) is 39.8. The molecule has 4 atom stereocenters. The highest BCUT2D eigenvalue weighted by Crippen LogP contribution is 2.55. The summed E-state index contributed by atoms with van der Waals surface area (Å²) in [5.41, 5.74) is 4.89. The Kier molecular flexibility index (Phi) is 6.74. The van der Waals surface area contributed by atoms with E-state index in [4.69, 9.17) is 5.73 Å². The Morgan fingerprint density at radius 1 is 1.08 bits per heavy atom. The maximum Gasteiger partial charge on any atom is 0.255 e. The van der Waals surface area contributed by atoms with Gasteiger partial charge in [-0.3, -0.25) is 19.3 Å². The first-order valence-electron chi connectivity index (χ1n) is 13.0. The zero-order chi connectivity index (χ0) is 28.2. The maximum atomic E-state index is 13.2. The number of rotatable bonds is 6. The topological polar surface area (TPSA) is 173 Å². The summed E-state index contributed by atoms with van der Waals surface area (Å²) in [6.07, 6.45) is 1.12. The van der Waals surface area contributed by atoms with Crippen LogP contribution in [0.4, 0.5) is 0 Å². The van der Waals surface area contributed by atoms with Gasteiger partial charge in [-0.1, -0.05) is 35.9 Å². The van der Waals surface area contributed by atoms with E-state index in [1.165, 1.54) is 4.90 Å². The molecule has 0 aliphatic heterocycles. The standard InChI is InChI=1S/C29H33N3O7/c1-32(2)23-18-11-16-10-17-15(13-31-12-14-6-4-3-5-7-14)8-9-19(33)21(17)24(34)20(16)26(36)29(18,39)27(37)22(25(23)35)28(30)38/h3-7,16,18,23,31,34,36-37,39H,8-13H2,1-2H3,(H2,30,38)/t16-,18-,23?,29-/m0/s1. The number of benzene rings is 1. The number of aliphatic hydroxyl groups excluding tert-OH is 3. The fraction of sp³-hybridized carbons (Fsp3) is 0.414. The van der Waals surface area contributed by atoms with Crippen LogP contribution in [0.15, 0.2) is 75.5 Å². The minimum atomic E-state index is -2.54. The summed E-state index contributed by atoms with van der Waals surface area (Å²) in [7, 11) is 3.19. The number of carbonyl (C=O) groups excluding carboxylic acids is 3. The first-order chi connectivity index (χ1) is 18.5. The Bertz CT molecular complexity index is 1390. The molecule has 0 bridgehead atoms. The number of likely N-dealkylation sites (N-methyl/N-ethyl adjacent to an activating group) is 1. The van der Waals surface area contributed by atoms with E-state index in [0.717, 1.165) is 11.1 Å². The summed E-state index contributed by atoms with van der Waals surface area (Å²) in [6.45, 7) is 1.13. The summed E-state index contributed by atoms with van der Waals surface area (Å²) in [5, 5.41) is 48.9. The summed E-state index contributed by atoms with van der Waals surface area (Å²) >= 11 is 0. The number of aliphatic hydroxyl groups is 4. The number of hydrogen-bond acceptors (Lipinski definition) is 9. The summed E-state index contributed by atoms with van der Waals surface area (Å²) in [6, 6.07) is 8.81. The van der Waals surface area contributed by atoms with Crippen molar-refractivity contribution >= 4 is 17.5 Å². The van der Waals surface area contributed by atoms with E-state index in [2.05, 4.69) is 5.32 Å². The molecule has 1 aromatic rings. The molecule has 39 heavy (non-hydrogen) atoms. The zero-order valence-corrected chi connectivity index (χ0v) is 21.9. The number of hydrogen-bond donors (Lipinski definition) is 6. The number of nitrogens with zero attached hydrogens (tertiary/aromatic N) is 1. The van der Waals surface area contributed by atoms with E-state index >= 15 is 0 Å². The van der Waals surface area contributed by atoms with Gasteiger partial charge in [-0.25, -0.2) is 0 Å². The van der Waals surface area contributed by atoms with Gasteiger partial charge >= 0.3 is 0 Å². The monoisotopic (exact) mass is 535 g/mol. The lowest BCUT2D eigenvalue weighted by Crippen LogP contribution is -2.62. The molecule has 7 N–H and O–H groups in total. The molecule has 0 aromatic heterocycles. The molecule has 1 unspecified atom stereocenters. The average molecular weight is 536 g/mol. The van der Waals surface area contributed by atoms with Crippen LogP contribution in [0.5, 0.6) is 0 Å². The predicted octanol–water partition coefficient (Wildman–Crippen LogP) is 1.64. The minimum Gasteiger partial charge on any atom is -0.508 e. The Balaban J connectivity index is 1.60. The van der Waals surface area contributed by atoms with Gasteiger partial charge in [0.15, 0.2) is 17.2 Å². The van der Waals surface area contributed by atoms with Gasteiger partial charge in [0.1, 0.15) is 22.9 Å². The van der Waals surface area contributed by atoms with Crippen molar-refractivity contribution in [2.45, 2.75) is 43.9 Å². The van der Waals surface area contributed by atoms with E-state index in [9.17, 15) is 34.8 Å². The van der Waals surface area contributed by atoms with Crippen molar-refractivity contribution in [1.82, 2.24) is 10.2 Å². The fourth-order valence-electron chi connectivity index (χ4n) is 6.71. The number of ketones is 2. The third-order valence-electron chi connectivity index (χ3n) is 8.51. The number of primary amides is 1. The molecule has 0 heterocycles. The molecule has 1 amide bonds. The highest BCUT2D eigenvalue weighted by Gasteiger charge is 2.62. The molecule has 4 aliphatic carbocycles. The van der Waals surface area contributed by atoms with E-state index in [1.807, 2.05) is 30.3 Å². The molecule has 0 spiro atoms. The predicted molar refractivity (Wildman–Crippen MR) is 141 cm³/mol. The number of fused-ring (bicyclic) bond motifs is 3. The molecule has 10 heteroatoms. The molecule has 0 saturated heterocycles. The van der Waals surface area contributed by atoms with E-state index < -0.39 is 58.0 Å². The molecule has 0 saturated carbocycles. The second kappa shape index (κ2) is 9.78. The Labute approximate surface area is 225 Å². The average Bonchev–Trinajstić information content (AvgIpc) is 2.87. The van der Waals surface area contributed by atoms with Gasteiger partial charge in [0, 0.05) is 31.0 Å². The van der Waals surface area contributed by atoms with Crippen molar-refractivity contribution in [1.29, 1.82) is 0 Å². The quantitative estimate of drug-likeness (QED) is 0.296. The largest absolute Gasteiger partial charge is 0.508 e. The van der Waals surface area contributed by atoms with Gasteiger partial charge in [-0.05, 0) is 50.4 Å². The van der Waals surface area contributed by atoms with E-state index in [-0.39, 0.29) is 29.8 Å². The molecule has 4 aliphatic rings. The van der Waals surface area contributed by atoms with Gasteiger partial charge < -0.3 is 31.5 Å². The van der Waals surface area contributed by atoms with Gasteiger partial charge in [0.05, 0.1) is 11.6 Å². The van der Waals surface area contributed by atoms with Crippen LogP contribution in [0.25, 0.3) is 0 Å². The number of carbonyl (C=O) groups is 3. The van der Waals surface area contributed by atoms with Gasteiger partial charge in [-0.2, -0.15) is 0 Å². The van der Waals surface area contributed by atoms with Crippen LogP contribution >= 0.6 is 0 Å². The molecule has 5 rings (SSSR count). The number of nitrogens with one attached hydrogen (secondary N) is 1. The Hall–Kier alpha value is -3.73. The minimum absolute atomic E-state index is 0.0541. The van der Waals surface area contributed by atoms with E-state index in [0.29, 0.717) is 31.5 Å². The van der Waals surface area contributed by atoms with Crippen LogP contribution in [-0.4, -0.2) is 75.1 Å². The Morgan fingerprint density at radius 3 is 2.41 bits per heavy atom.